The zero-order valence-electron chi connectivity index (χ0n) is 18.3. The summed E-state index contributed by atoms with van der Waals surface area (Å²) in [4.78, 5) is 27.7. The SMILES string of the molecule is C=COC(=C)N1C[C@@H](c2ccc(OC)cc2)CC(=O)C1C(=O)/C=C/c1ccc(OC)cc1. The molecule has 1 saturated heterocycles. The predicted octanol–water partition coefficient (Wildman–Crippen LogP) is 4.34. The number of piperidine rings is 1. The van der Waals surface area contributed by atoms with E-state index in [1.807, 2.05) is 36.4 Å². The average molecular weight is 434 g/mol. The molecule has 1 unspecified atom stereocenters. The van der Waals surface area contributed by atoms with Crippen LogP contribution in [0.1, 0.15) is 23.5 Å². The van der Waals surface area contributed by atoms with E-state index in [0.29, 0.717) is 6.54 Å². The monoisotopic (exact) mass is 433 g/mol. The van der Waals surface area contributed by atoms with Crippen LogP contribution in [0.2, 0.25) is 0 Å². The number of ether oxygens (including phenoxy) is 3. The molecular formula is C26H27NO5. The summed E-state index contributed by atoms with van der Waals surface area (Å²) in [6.45, 7) is 7.87. The third-order valence-electron chi connectivity index (χ3n) is 5.43. The number of benzene rings is 2. The first kappa shape index (κ1) is 22.9. The molecule has 0 spiro atoms. The minimum atomic E-state index is -0.994. The summed E-state index contributed by atoms with van der Waals surface area (Å²) in [6, 6.07) is 13.9. The molecule has 0 radical (unpaired) electrons. The van der Waals surface area contributed by atoms with E-state index in [9.17, 15) is 9.59 Å². The van der Waals surface area contributed by atoms with Crippen molar-refractivity contribution in [2.75, 3.05) is 20.8 Å². The topological polar surface area (TPSA) is 65.1 Å². The lowest BCUT2D eigenvalue weighted by atomic mass is 9.85. The number of likely N-dealkylation sites (tertiary alicyclic amines) is 1. The standard InChI is InChI=1S/C26H27NO5/c1-5-32-18(2)27-17-21(20-9-13-23(31-4)14-10-20)16-25(29)26(27)24(28)15-8-19-6-11-22(30-3)12-7-19/h5-15,21,26H,1-2,16-17H2,3-4H3/b15-8+/t21-,26?/m0/s1. The van der Waals surface area contributed by atoms with Crippen molar-refractivity contribution in [2.45, 2.75) is 18.4 Å². The summed E-state index contributed by atoms with van der Waals surface area (Å²) in [5.41, 5.74) is 1.81. The van der Waals surface area contributed by atoms with Gasteiger partial charge >= 0.3 is 0 Å². The van der Waals surface area contributed by atoms with Crippen LogP contribution >= 0.6 is 0 Å². The normalized spacial score (nSPS) is 18.3. The Kier molecular flexibility index (Phi) is 7.49. The van der Waals surface area contributed by atoms with E-state index in [-0.39, 0.29) is 29.8 Å². The first-order chi connectivity index (χ1) is 15.5. The third kappa shape index (κ3) is 5.27. The molecule has 1 aliphatic rings. The maximum absolute atomic E-state index is 13.1. The number of Topliss-reactive ketones (excluding diaryl/α,β-unsaturated/α-hetero) is 1. The van der Waals surface area contributed by atoms with Gasteiger partial charge in [0.25, 0.3) is 0 Å². The number of hydrogen-bond donors (Lipinski definition) is 0. The first-order valence-corrected chi connectivity index (χ1v) is 10.2. The highest BCUT2D eigenvalue weighted by atomic mass is 16.5. The minimum Gasteiger partial charge on any atom is -0.497 e. The second kappa shape index (κ2) is 10.5. The Morgan fingerprint density at radius 1 is 1.03 bits per heavy atom. The lowest BCUT2D eigenvalue weighted by molar-refractivity contribution is -0.135. The van der Waals surface area contributed by atoms with Gasteiger partial charge < -0.3 is 19.1 Å². The van der Waals surface area contributed by atoms with E-state index in [4.69, 9.17) is 14.2 Å². The molecule has 0 bridgehead atoms. The molecule has 6 heteroatoms. The highest BCUT2D eigenvalue weighted by molar-refractivity contribution is 6.13. The third-order valence-corrected chi connectivity index (χ3v) is 5.43. The van der Waals surface area contributed by atoms with Crippen molar-refractivity contribution in [2.24, 2.45) is 0 Å². The van der Waals surface area contributed by atoms with Crippen LogP contribution in [0.15, 0.2) is 79.9 Å². The molecule has 1 fully saturated rings. The molecule has 166 valence electrons. The van der Waals surface area contributed by atoms with E-state index >= 15 is 0 Å². The lowest BCUT2D eigenvalue weighted by Gasteiger charge is -2.39. The molecule has 2 aromatic carbocycles. The second-order valence-corrected chi connectivity index (χ2v) is 7.38. The number of hydrogen-bond acceptors (Lipinski definition) is 6. The van der Waals surface area contributed by atoms with E-state index in [0.717, 1.165) is 22.6 Å². The molecule has 32 heavy (non-hydrogen) atoms. The maximum Gasteiger partial charge on any atom is 0.188 e. The lowest BCUT2D eigenvalue weighted by Crippen LogP contribution is -2.51. The number of ketones is 2. The summed E-state index contributed by atoms with van der Waals surface area (Å²) in [5.74, 6) is 1.06. The molecule has 1 heterocycles. The minimum absolute atomic E-state index is 0.104. The largest absolute Gasteiger partial charge is 0.497 e. The van der Waals surface area contributed by atoms with Crippen LogP contribution < -0.4 is 9.47 Å². The molecular weight excluding hydrogens is 406 g/mol. The zero-order chi connectivity index (χ0) is 23.1. The van der Waals surface area contributed by atoms with Gasteiger partial charge in [0, 0.05) is 18.9 Å². The van der Waals surface area contributed by atoms with Gasteiger partial charge in [0.15, 0.2) is 23.5 Å². The highest BCUT2D eigenvalue weighted by Crippen LogP contribution is 2.32. The molecule has 0 saturated carbocycles. The quantitative estimate of drug-likeness (QED) is 0.333. The van der Waals surface area contributed by atoms with Gasteiger partial charge in [-0.25, -0.2) is 0 Å². The van der Waals surface area contributed by atoms with Crippen LogP contribution in [0.5, 0.6) is 11.5 Å². The number of nitrogens with zero attached hydrogens (tertiary/aromatic N) is 1. The van der Waals surface area contributed by atoms with E-state index in [1.54, 1.807) is 37.3 Å². The van der Waals surface area contributed by atoms with Crippen LogP contribution in [0.4, 0.5) is 0 Å². The van der Waals surface area contributed by atoms with E-state index in [1.165, 1.54) is 12.3 Å². The van der Waals surface area contributed by atoms with Gasteiger partial charge in [-0.15, -0.1) is 0 Å². The Bertz CT molecular complexity index is 1010. The summed E-state index contributed by atoms with van der Waals surface area (Å²) >= 11 is 0. The number of rotatable bonds is 9. The van der Waals surface area contributed by atoms with Gasteiger partial charge in [-0.1, -0.05) is 36.9 Å². The van der Waals surface area contributed by atoms with Gasteiger partial charge in [0.2, 0.25) is 0 Å². The second-order valence-electron chi connectivity index (χ2n) is 7.38. The summed E-state index contributed by atoms with van der Waals surface area (Å²) in [6.07, 6.45) is 4.59. The Labute approximate surface area is 188 Å². The van der Waals surface area contributed by atoms with Crippen molar-refractivity contribution in [1.82, 2.24) is 4.90 Å². The summed E-state index contributed by atoms with van der Waals surface area (Å²) < 4.78 is 15.7. The van der Waals surface area contributed by atoms with Crippen LogP contribution in [-0.4, -0.2) is 43.3 Å². The molecule has 0 N–H and O–H groups in total. The average Bonchev–Trinajstić information content (AvgIpc) is 2.82. The molecule has 0 amide bonds. The maximum atomic E-state index is 13.1. The molecule has 2 atom stereocenters. The summed E-state index contributed by atoms with van der Waals surface area (Å²) in [7, 11) is 3.20. The van der Waals surface area contributed by atoms with Gasteiger partial charge in [0.05, 0.1) is 20.5 Å². The van der Waals surface area contributed by atoms with Crippen molar-refractivity contribution < 1.29 is 23.8 Å². The smallest absolute Gasteiger partial charge is 0.188 e. The summed E-state index contributed by atoms with van der Waals surface area (Å²) in [5, 5.41) is 0. The number of carbonyl (C=O) groups is 2. The van der Waals surface area contributed by atoms with Crippen LogP contribution in [0.25, 0.3) is 6.08 Å². The Hall–Kier alpha value is -3.80. The van der Waals surface area contributed by atoms with Crippen molar-refractivity contribution in [3.8, 4) is 11.5 Å². The van der Waals surface area contributed by atoms with Crippen LogP contribution in [0, 0.1) is 0 Å². The predicted molar refractivity (Wildman–Crippen MR) is 123 cm³/mol. The molecule has 6 nitrogen and oxygen atoms in total. The van der Waals surface area contributed by atoms with Gasteiger partial charge in [-0.05, 0) is 48.0 Å². The molecule has 0 aliphatic carbocycles. The zero-order valence-corrected chi connectivity index (χ0v) is 18.3. The fourth-order valence-electron chi connectivity index (χ4n) is 3.74. The number of carbonyl (C=O) groups excluding carboxylic acids is 2. The van der Waals surface area contributed by atoms with Gasteiger partial charge in [-0.2, -0.15) is 0 Å². The van der Waals surface area contributed by atoms with E-state index < -0.39 is 6.04 Å². The molecule has 0 aromatic heterocycles. The molecule has 2 aromatic rings. The molecule has 1 aliphatic heterocycles. The fraction of sp³-hybridized carbons (Fsp3) is 0.231. The van der Waals surface area contributed by atoms with E-state index in [2.05, 4.69) is 13.2 Å². The number of methoxy groups -OCH3 is 2. The van der Waals surface area contributed by atoms with Crippen molar-refractivity contribution in [3.05, 3.63) is 91.0 Å². The Morgan fingerprint density at radius 2 is 1.62 bits per heavy atom. The highest BCUT2D eigenvalue weighted by Gasteiger charge is 2.40. The van der Waals surface area contributed by atoms with Crippen LogP contribution in [-0.2, 0) is 14.3 Å². The van der Waals surface area contributed by atoms with Gasteiger partial charge in [0.1, 0.15) is 11.5 Å². The fourth-order valence-corrected chi connectivity index (χ4v) is 3.74. The van der Waals surface area contributed by atoms with Gasteiger partial charge in [-0.3, -0.25) is 9.59 Å². The molecule has 3 rings (SSSR count). The Balaban J connectivity index is 1.81. The van der Waals surface area contributed by atoms with Crippen molar-refractivity contribution >= 4 is 17.6 Å². The van der Waals surface area contributed by atoms with Crippen LogP contribution in [0.3, 0.4) is 0 Å². The van der Waals surface area contributed by atoms with Crippen molar-refractivity contribution in [1.29, 1.82) is 0 Å². The first-order valence-electron chi connectivity index (χ1n) is 10.2. The van der Waals surface area contributed by atoms with Crippen molar-refractivity contribution in [3.63, 3.8) is 0 Å². The Morgan fingerprint density at radius 3 is 2.19 bits per heavy atom.